The Morgan fingerprint density at radius 1 is 1.43 bits per heavy atom. The third-order valence-corrected chi connectivity index (χ3v) is 3.96. The SMILES string of the molecule is COc1ccc(C(=O)NC(C#N)C2CCCCC2)cc1F. The van der Waals surface area contributed by atoms with E-state index in [1.165, 1.54) is 25.7 Å². The lowest BCUT2D eigenvalue weighted by Crippen LogP contribution is -2.40. The minimum absolute atomic E-state index is 0.0932. The summed E-state index contributed by atoms with van der Waals surface area (Å²) in [6.45, 7) is 0. The summed E-state index contributed by atoms with van der Waals surface area (Å²) in [7, 11) is 1.37. The lowest BCUT2D eigenvalue weighted by atomic mass is 9.84. The normalized spacial score (nSPS) is 16.8. The fraction of sp³-hybridized carbons (Fsp3) is 0.500. The summed E-state index contributed by atoms with van der Waals surface area (Å²) >= 11 is 0. The van der Waals surface area contributed by atoms with Crippen LogP contribution in [0.5, 0.6) is 5.75 Å². The third-order valence-electron chi connectivity index (χ3n) is 3.96. The zero-order chi connectivity index (χ0) is 15.2. The molecule has 1 saturated carbocycles. The Balaban J connectivity index is 2.05. The molecule has 1 amide bonds. The molecule has 1 aromatic carbocycles. The van der Waals surface area contributed by atoms with Crippen LogP contribution in [-0.4, -0.2) is 19.1 Å². The van der Waals surface area contributed by atoms with Gasteiger partial charge in [0.25, 0.3) is 5.91 Å². The first-order valence-corrected chi connectivity index (χ1v) is 7.19. The zero-order valence-corrected chi connectivity index (χ0v) is 12.1. The van der Waals surface area contributed by atoms with Crippen LogP contribution >= 0.6 is 0 Å². The fourth-order valence-electron chi connectivity index (χ4n) is 2.76. The molecule has 0 aliphatic heterocycles. The van der Waals surface area contributed by atoms with Gasteiger partial charge in [-0.1, -0.05) is 19.3 Å². The number of rotatable bonds is 4. The number of carbonyl (C=O) groups is 1. The topological polar surface area (TPSA) is 62.1 Å². The molecule has 0 bridgehead atoms. The number of nitrogens with one attached hydrogen (secondary N) is 1. The average molecular weight is 290 g/mol. The minimum atomic E-state index is -0.587. The summed E-state index contributed by atoms with van der Waals surface area (Å²) in [4.78, 5) is 12.1. The second-order valence-corrected chi connectivity index (χ2v) is 5.33. The highest BCUT2D eigenvalue weighted by atomic mass is 19.1. The highest BCUT2D eigenvalue weighted by Gasteiger charge is 2.25. The molecule has 112 valence electrons. The summed E-state index contributed by atoms with van der Waals surface area (Å²) in [6.07, 6.45) is 5.28. The predicted molar refractivity (Wildman–Crippen MR) is 76.4 cm³/mol. The van der Waals surface area contributed by atoms with Crippen LogP contribution in [-0.2, 0) is 0 Å². The van der Waals surface area contributed by atoms with E-state index in [0.717, 1.165) is 31.7 Å². The molecule has 1 N–H and O–H groups in total. The highest BCUT2D eigenvalue weighted by molar-refractivity contribution is 5.94. The van der Waals surface area contributed by atoms with Crippen molar-refractivity contribution >= 4 is 5.91 Å². The first-order valence-electron chi connectivity index (χ1n) is 7.19. The maximum Gasteiger partial charge on any atom is 0.252 e. The smallest absolute Gasteiger partial charge is 0.252 e. The molecule has 1 unspecified atom stereocenters. The lowest BCUT2D eigenvalue weighted by Gasteiger charge is -2.26. The second-order valence-electron chi connectivity index (χ2n) is 5.33. The van der Waals surface area contributed by atoms with Gasteiger partial charge >= 0.3 is 0 Å². The first-order chi connectivity index (χ1) is 10.2. The van der Waals surface area contributed by atoms with E-state index in [2.05, 4.69) is 11.4 Å². The molecule has 0 spiro atoms. The number of amides is 1. The standard InChI is InChI=1S/C16H19FN2O2/c1-21-15-8-7-12(9-13(15)17)16(20)19-14(10-18)11-5-3-2-4-6-11/h7-9,11,14H,2-6H2,1H3,(H,19,20). The largest absolute Gasteiger partial charge is 0.494 e. The third kappa shape index (κ3) is 3.72. The molecule has 1 aromatic rings. The molecular formula is C16H19FN2O2. The summed E-state index contributed by atoms with van der Waals surface area (Å²) in [5.41, 5.74) is 0.198. The van der Waals surface area contributed by atoms with E-state index in [-0.39, 0.29) is 17.2 Å². The quantitative estimate of drug-likeness (QED) is 0.927. The van der Waals surface area contributed by atoms with Gasteiger partial charge in [-0.25, -0.2) is 4.39 Å². The molecule has 1 fully saturated rings. The summed E-state index contributed by atoms with van der Waals surface area (Å²) in [6, 6.07) is 5.68. The van der Waals surface area contributed by atoms with Gasteiger partial charge in [-0.2, -0.15) is 5.26 Å². The van der Waals surface area contributed by atoms with Crippen molar-refractivity contribution in [2.24, 2.45) is 5.92 Å². The van der Waals surface area contributed by atoms with Crippen LogP contribution in [0.4, 0.5) is 4.39 Å². The summed E-state index contributed by atoms with van der Waals surface area (Å²) < 4.78 is 18.4. The Labute approximate surface area is 123 Å². The van der Waals surface area contributed by atoms with Gasteiger partial charge in [0.05, 0.1) is 13.2 Å². The van der Waals surface area contributed by atoms with Crippen LogP contribution in [0.3, 0.4) is 0 Å². The van der Waals surface area contributed by atoms with Crippen molar-refractivity contribution in [1.29, 1.82) is 5.26 Å². The zero-order valence-electron chi connectivity index (χ0n) is 12.1. The van der Waals surface area contributed by atoms with Gasteiger partial charge in [0, 0.05) is 5.56 Å². The van der Waals surface area contributed by atoms with E-state index >= 15 is 0 Å². The highest BCUT2D eigenvalue weighted by Crippen LogP contribution is 2.26. The molecule has 1 atom stereocenters. The molecule has 1 aliphatic carbocycles. The maximum absolute atomic E-state index is 13.6. The van der Waals surface area contributed by atoms with Crippen LogP contribution in [0.2, 0.25) is 0 Å². The van der Waals surface area contributed by atoms with Crippen LogP contribution < -0.4 is 10.1 Å². The van der Waals surface area contributed by atoms with Crippen LogP contribution in [0.15, 0.2) is 18.2 Å². The van der Waals surface area contributed by atoms with Crippen molar-refractivity contribution in [1.82, 2.24) is 5.32 Å². The number of methoxy groups -OCH3 is 1. The molecular weight excluding hydrogens is 271 g/mol. The number of halogens is 1. The summed E-state index contributed by atoms with van der Waals surface area (Å²) in [5, 5.41) is 12.0. The molecule has 4 nitrogen and oxygen atoms in total. The van der Waals surface area contributed by atoms with Crippen molar-refractivity contribution in [2.75, 3.05) is 7.11 Å². The van der Waals surface area contributed by atoms with E-state index in [1.807, 2.05) is 0 Å². The number of ether oxygens (including phenoxy) is 1. The molecule has 1 aliphatic rings. The Morgan fingerprint density at radius 3 is 2.71 bits per heavy atom. The maximum atomic E-state index is 13.6. The number of benzene rings is 1. The summed E-state index contributed by atoms with van der Waals surface area (Å²) in [5.74, 6) is -0.726. The Bertz CT molecular complexity index is 548. The van der Waals surface area contributed by atoms with E-state index in [0.29, 0.717) is 0 Å². The van der Waals surface area contributed by atoms with Gasteiger partial charge in [-0.15, -0.1) is 0 Å². The van der Waals surface area contributed by atoms with Crippen molar-refractivity contribution in [3.05, 3.63) is 29.6 Å². The van der Waals surface area contributed by atoms with Crippen molar-refractivity contribution < 1.29 is 13.9 Å². The van der Waals surface area contributed by atoms with Gasteiger partial charge in [-0.3, -0.25) is 4.79 Å². The minimum Gasteiger partial charge on any atom is -0.494 e. The first kappa shape index (κ1) is 15.3. The number of hydrogen-bond acceptors (Lipinski definition) is 3. The van der Waals surface area contributed by atoms with E-state index in [1.54, 1.807) is 0 Å². The predicted octanol–water partition coefficient (Wildman–Crippen LogP) is 3.04. The average Bonchev–Trinajstić information content (AvgIpc) is 2.53. The second kappa shape index (κ2) is 7.07. The van der Waals surface area contributed by atoms with Gasteiger partial charge in [0.1, 0.15) is 6.04 Å². The van der Waals surface area contributed by atoms with Gasteiger partial charge in [0.15, 0.2) is 11.6 Å². The number of nitriles is 1. The molecule has 5 heteroatoms. The molecule has 21 heavy (non-hydrogen) atoms. The van der Waals surface area contributed by atoms with Gasteiger partial charge in [-0.05, 0) is 37.0 Å². The Hall–Kier alpha value is -2.09. The number of nitrogens with zero attached hydrogens (tertiary/aromatic N) is 1. The fourth-order valence-corrected chi connectivity index (χ4v) is 2.76. The molecule has 0 aromatic heterocycles. The van der Waals surface area contributed by atoms with Crippen LogP contribution in [0.25, 0.3) is 0 Å². The van der Waals surface area contributed by atoms with E-state index in [4.69, 9.17) is 4.74 Å². The number of hydrogen-bond donors (Lipinski definition) is 1. The monoisotopic (exact) mass is 290 g/mol. The van der Waals surface area contributed by atoms with E-state index in [9.17, 15) is 14.4 Å². The van der Waals surface area contributed by atoms with Crippen LogP contribution in [0.1, 0.15) is 42.5 Å². The van der Waals surface area contributed by atoms with Crippen molar-refractivity contribution in [3.8, 4) is 11.8 Å². The molecule has 0 heterocycles. The molecule has 0 radical (unpaired) electrons. The Kier molecular flexibility index (Phi) is 5.15. The van der Waals surface area contributed by atoms with E-state index < -0.39 is 17.8 Å². The van der Waals surface area contributed by atoms with Crippen molar-refractivity contribution in [2.45, 2.75) is 38.1 Å². The lowest BCUT2D eigenvalue weighted by molar-refractivity contribution is 0.0928. The van der Waals surface area contributed by atoms with Gasteiger partial charge < -0.3 is 10.1 Å². The van der Waals surface area contributed by atoms with Crippen LogP contribution in [0, 0.1) is 23.1 Å². The molecule has 0 saturated heterocycles. The van der Waals surface area contributed by atoms with Crippen molar-refractivity contribution in [3.63, 3.8) is 0 Å². The Morgan fingerprint density at radius 2 is 2.14 bits per heavy atom. The number of carbonyl (C=O) groups excluding carboxylic acids is 1. The molecule has 2 rings (SSSR count). The van der Waals surface area contributed by atoms with Gasteiger partial charge in [0.2, 0.25) is 0 Å².